The molecule has 136 valence electrons. The minimum Gasteiger partial charge on any atom is -0.497 e. The molecule has 1 aromatic rings. The van der Waals surface area contributed by atoms with Crippen molar-refractivity contribution < 1.29 is 14.3 Å². The van der Waals surface area contributed by atoms with Gasteiger partial charge in [0.2, 0.25) is 5.91 Å². The Morgan fingerprint density at radius 3 is 2.64 bits per heavy atom. The number of ether oxygens (including phenoxy) is 1. The van der Waals surface area contributed by atoms with Crippen LogP contribution in [-0.2, 0) is 4.79 Å². The van der Waals surface area contributed by atoms with Gasteiger partial charge in [-0.25, -0.2) is 0 Å². The van der Waals surface area contributed by atoms with E-state index in [4.69, 9.17) is 4.74 Å². The molecule has 0 bridgehead atoms. The molecule has 2 aliphatic heterocycles. The first kappa shape index (κ1) is 17.7. The van der Waals surface area contributed by atoms with Crippen LogP contribution in [0.4, 0.5) is 0 Å². The van der Waals surface area contributed by atoms with Gasteiger partial charge < -0.3 is 19.9 Å². The summed E-state index contributed by atoms with van der Waals surface area (Å²) in [5.74, 6) is 1.55. The third kappa shape index (κ3) is 4.51. The van der Waals surface area contributed by atoms with Gasteiger partial charge in [-0.3, -0.25) is 9.59 Å². The Bertz CT molecular complexity index is 606. The maximum absolute atomic E-state index is 12.6. The molecule has 0 radical (unpaired) electrons. The third-order valence-electron chi connectivity index (χ3n) is 5.17. The molecule has 0 aliphatic carbocycles. The molecule has 2 heterocycles. The molecule has 6 heteroatoms. The summed E-state index contributed by atoms with van der Waals surface area (Å²) in [6.45, 7) is 4.54. The van der Waals surface area contributed by atoms with Crippen molar-refractivity contribution in [2.75, 3.05) is 46.4 Å². The Morgan fingerprint density at radius 1 is 1.20 bits per heavy atom. The van der Waals surface area contributed by atoms with E-state index in [0.717, 1.165) is 19.5 Å². The first-order chi connectivity index (χ1) is 12.2. The molecule has 0 spiro atoms. The summed E-state index contributed by atoms with van der Waals surface area (Å²) in [5, 5.41) is 3.34. The highest BCUT2D eigenvalue weighted by molar-refractivity contribution is 5.94. The smallest absolute Gasteiger partial charge is 0.254 e. The molecule has 0 aromatic heterocycles. The average molecular weight is 345 g/mol. The summed E-state index contributed by atoms with van der Waals surface area (Å²) in [7, 11) is 1.59. The van der Waals surface area contributed by atoms with Gasteiger partial charge in [-0.2, -0.15) is 0 Å². The van der Waals surface area contributed by atoms with Gasteiger partial charge in [0.25, 0.3) is 5.91 Å². The second kappa shape index (κ2) is 8.34. The fraction of sp³-hybridized carbons (Fsp3) is 0.579. The van der Waals surface area contributed by atoms with E-state index in [1.54, 1.807) is 19.2 Å². The van der Waals surface area contributed by atoms with Crippen LogP contribution in [0.15, 0.2) is 24.3 Å². The number of benzene rings is 1. The lowest BCUT2D eigenvalue weighted by atomic mass is 10.0. The Morgan fingerprint density at radius 2 is 1.96 bits per heavy atom. The molecule has 3 rings (SSSR count). The number of hydrogen-bond donors (Lipinski definition) is 1. The molecule has 2 saturated heterocycles. The number of methoxy groups -OCH3 is 1. The summed E-state index contributed by atoms with van der Waals surface area (Å²) in [4.78, 5) is 28.7. The molecule has 1 aromatic carbocycles. The van der Waals surface area contributed by atoms with E-state index >= 15 is 0 Å². The van der Waals surface area contributed by atoms with E-state index in [9.17, 15) is 9.59 Å². The van der Waals surface area contributed by atoms with Gasteiger partial charge in [-0.05, 0) is 50.0 Å². The molecular weight excluding hydrogens is 318 g/mol. The van der Waals surface area contributed by atoms with Gasteiger partial charge >= 0.3 is 0 Å². The molecule has 1 unspecified atom stereocenters. The Hall–Kier alpha value is -2.08. The fourth-order valence-corrected chi connectivity index (χ4v) is 3.54. The zero-order valence-corrected chi connectivity index (χ0v) is 14.9. The molecular formula is C19H27N3O3. The number of hydrogen-bond acceptors (Lipinski definition) is 4. The zero-order valence-electron chi connectivity index (χ0n) is 14.9. The summed E-state index contributed by atoms with van der Waals surface area (Å²) in [6.07, 6.45) is 2.76. The fourth-order valence-electron chi connectivity index (χ4n) is 3.54. The first-order valence-corrected chi connectivity index (χ1v) is 9.09. The molecule has 25 heavy (non-hydrogen) atoms. The van der Waals surface area contributed by atoms with Crippen molar-refractivity contribution in [2.45, 2.75) is 19.3 Å². The zero-order chi connectivity index (χ0) is 17.6. The predicted octanol–water partition coefficient (Wildman–Crippen LogP) is 1.37. The van der Waals surface area contributed by atoms with Gasteiger partial charge in [0.15, 0.2) is 0 Å². The number of piperazine rings is 1. The number of amides is 2. The highest BCUT2D eigenvalue weighted by atomic mass is 16.5. The summed E-state index contributed by atoms with van der Waals surface area (Å²) >= 11 is 0. The van der Waals surface area contributed by atoms with Crippen LogP contribution in [0.3, 0.4) is 0 Å². The van der Waals surface area contributed by atoms with Crippen molar-refractivity contribution >= 4 is 11.8 Å². The van der Waals surface area contributed by atoms with Gasteiger partial charge in [0.1, 0.15) is 5.75 Å². The minimum absolute atomic E-state index is 0.00280. The van der Waals surface area contributed by atoms with Gasteiger partial charge in [-0.15, -0.1) is 0 Å². The van der Waals surface area contributed by atoms with Crippen LogP contribution in [0.25, 0.3) is 0 Å². The predicted molar refractivity (Wildman–Crippen MR) is 95.7 cm³/mol. The molecule has 1 N–H and O–H groups in total. The maximum atomic E-state index is 12.6. The molecule has 0 saturated carbocycles. The molecule has 2 fully saturated rings. The highest BCUT2D eigenvalue weighted by Gasteiger charge is 2.25. The van der Waals surface area contributed by atoms with Crippen molar-refractivity contribution in [3.63, 3.8) is 0 Å². The normalized spacial score (nSPS) is 20.6. The quantitative estimate of drug-likeness (QED) is 0.876. The summed E-state index contributed by atoms with van der Waals surface area (Å²) in [6, 6.07) is 7.21. The van der Waals surface area contributed by atoms with Gasteiger partial charge in [0, 0.05) is 38.2 Å². The van der Waals surface area contributed by atoms with Crippen molar-refractivity contribution in [2.24, 2.45) is 5.92 Å². The van der Waals surface area contributed by atoms with E-state index in [0.29, 0.717) is 49.8 Å². The second-order valence-corrected chi connectivity index (χ2v) is 6.80. The van der Waals surface area contributed by atoms with Crippen LogP contribution in [0, 0.1) is 5.92 Å². The lowest BCUT2D eigenvalue weighted by molar-refractivity contribution is -0.132. The molecule has 2 aliphatic rings. The topological polar surface area (TPSA) is 61.9 Å². The van der Waals surface area contributed by atoms with Crippen LogP contribution in [0.2, 0.25) is 0 Å². The lowest BCUT2D eigenvalue weighted by Crippen LogP contribution is -2.50. The molecule has 6 nitrogen and oxygen atoms in total. The van der Waals surface area contributed by atoms with Crippen molar-refractivity contribution in [3.8, 4) is 5.75 Å². The third-order valence-corrected chi connectivity index (χ3v) is 5.17. The van der Waals surface area contributed by atoms with E-state index in [1.807, 2.05) is 21.9 Å². The van der Waals surface area contributed by atoms with Crippen LogP contribution in [0.5, 0.6) is 5.75 Å². The summed E-state index contributed by atoms with van der Waals surface area (Å²) < 4.78 is 5.18. The van der Waals surface area contributed by atoms with Crippen molar-refractivity contribution in [1.82, 2.24) is 15.1 Å². The van der Waals surface area contributed by atoms with E-state index in [1.165, 1.54) is 6.42 Å². The Kier molecular flexibility index (Phi) is 5.91. The van der Waals surface area contributed by atoms with Gasteiger partial charge in [0.05, 0.1) is 7.11 Å². The molecule has 1 atom stereocenters. The van der Waals surface area contributed by atoms with Crippen molar-refractivity contribution in [1.29, 1.82) is 0 Å². The van der Waals surface area contributed by atoms with E-state index in [-0.39, 0.29) is 11.8 Å². The standard InChI is InChI=1S/C19H27N3O3/c1-25-17-4-2-3-16(13-17)19(24)22-11-9-21(10-12-22)18(23)6-5-15-7-8-20-14-15/h2-4,13,15,20H,5-12,14H2,1H3. The number of rotatable bonds is 5. The number of carbonyl (C=O) groups excluding carboxylic acids is 2. The van der Waals surface area contributed by atoms with Crippen molar-refractivity contribution in [3.05, 3.63) is 29.8 Å². The SMILES string of the molecule is COc1cccc(C(=O)N2CCN(C(=O)CCC3CCNC3)CC2)c1. The monoisotopic (exact) mass is 345 g/mol. The Labute approximate surface area is 149 Å². The Balaban J connectivity index is 1.47. The molecule has 2 amide bonds. The van der Waals surface area contributed by atoms with E-state index < -0.39 is 0 Å². The van der Waals surface area contributed by atoms with Crippen LogP contribution >= 0.6 is 0 Å². The number of nitrogens with one attached hydrogen (secondary N) is 1. The summed E-state index contributed by atoms with van der Waals surface area (Å²) in [5.41, 5.74) is 0.632. The first-order valence-electron chi connectivity index (χ1n) is 9.09. The maximum Gasteiger partial charge on any atom is 0.254 e. The average Bonchev–Trinajstić information content (AvgIpc) is 3.19. The largest absolute Gasteiger partial charge is 0.497 e. The van der Waals surface area contributed by atoms with Crippen LogP contribution < -0.4 is 10.1 Å². The van der Waals surface area contributed by atoms with E-state index in [2.05, 4.69) is 5.32 Å². The number of carbonyl (C=O) groups is 2. The second-order valence-electron chi connectivity index (χ2n) is 6.80. The van der Waals surface area contributed by atoms with Gasteiger partial charge in [-0.1, -0.05) is 6.07 Å². The lowest BCUT2D eigenvalue weighted by Gasteiger charge is -2.35. The minimum atomic E-state index is 0.00280. The highest BCUT2D eigenvalue weighted by Crippen LogP contribution is 2.18. The number of nitrogens with zero attached hydrogens (tertiary/aromatic N) is 2. The van der Waals surface area contributed by atoms with Crippen LogP contribution in [-0.4, -0.2) is 68.0 Å². The van der Waals surface area contributed by atoms with Crippen LogP contribution in [0.1, 0.15) is 29.6 Å².